The van der Waals surface area contributed by atoms with Crippen LogP contribution < -0.4 is 31.2 Å². The number of rotatable bonds is 21. The Bertz CT molecular complexity index is 2720. The smallest absolute Gasteiger partial charge is 0.431 e. The first-order chi connectivity index (χ1) is 34.0. The van der Waals surface area contributed by atoms with E-state index in [-0.39, 0.29) is 35.3 Å². The van der Waals surface area contributed by atoms with Gasteiger partial charge in [-0.1, -0.05) is 100 Å². The van der Waals surface area contributed by atoms with Crippen molar-refractivity contribution in [3.8, 4) is 34.2 Å². The van der Waals surface area contributed by atoms with E-state index >= 15 is 0 Å². The number of alkyl halides is 3. The number of aliphatic carboxylic acids is 1. The molecule has 72 heavy (non-hydrogen) atoms. The number of esters is 1. The molecule has 17 nitrogen and oxygen atoms in total. The number of benzene rings is 3. The summed E-state index contributed by atoms with van der Waals surface area (Å²) >= 11 is 7.10. The first kappa shape index (κ1) is 60.3. The summed E-state index contributed by atoms with van der Waals surface area (Å²) in [4.78, 5) is 67.5. The summed E-state index contributed by atoms with van der Waals surface area (Å²) in [5.41, 5.74) is 4.63. The van der Waals surface area contributed by atoms with E-state index < -0.39 is 54.6 Å². The molecule has 4 N–H and O–H groups in total. The highest BCUT2D eigenvalue weighted by molar-refractivity contribution is 8.13. The number of nitrogens with zero attached hydrogens (tertiary/aromatic N) is 4. The fourth-order valence-corrected chi connectivity index (χ4v) is 7.88. The number of carbonyl (C=O) groups excluding carboxylic acids is 2. The Morgan fingerprint density at radius 3 is 2.17 bits per heavy atom. The van der Waals surface area contributed by atoms with E-state index in [0.29, 0.717) is 43.7 Å². The van der Waals surface area contributed by atoms with Crippen molar-refractivity contribution in [1.29, 1.82) is 0 Å². The number of thioether (sulfide) groups is 1. The summed E-state index contributed by atoms with van der Waals surface area (Å²) in [7, 11) is -0.884. The number of unbranched alkanes of at least 4 members (excludes halogenated alkanes) is 5. The quantitative estimate of drug-likeness (QED) is 0.0352. The van der Waals surface area contributed by atoms with Gasteiger partial charge in [0.25, 0.3) is 5.56 Å². The van der Waals surface area contributed by atoms with E-state index in [1.54, 1.807) is 6.92 Å². The van der Waals surface area contributed by atoms with Gasteiger partial charge in [0.15, 0.2) is 24.4 Å². The third-order valence-corrected chi connectivity index (χ3v) is 12.4. The van der Waals surface area contributed by atoms with Gasteiger partial charge < -0.3 is 34.7 Å². The molecule has 392 valence electrons. The van der Waals surface area contributed by atoms with Crippen molar-refractivity contribution in [2.45, 2.75) is 97.1 Å². The van der Waals surface area contributed by atoms with E-state index in [4.69, 9.17) is 46.3 Å². The maximum absolute atomic E-state index is 13.1. The molecular weight excluding hydrogens is 1010 g/mol. The molecule has 3 unspecified atom stereocenters. The van der Waals surface area contributed by atoms with Crippen molar-refractivity contribution >= 4 is 48.0 Å². The lowest BCUT2D eigenvalue weighted by molar-refractivity contribution is -0.148. The molecule has 3 atom stereocenters. The molecule has 0 aliphatic heterocycles. The summed E-state index contributed by atoms with van der Waals surface area (Å²) in [5.74, 6) is 0.276. The number of hydrogen-bond acceptors (Lipinski definition) is 14. The number of halogens is 4. The molecule has 2 heterocycles. The minimum absolute atomic E-state index is 0.0412. The van der Waals surface area contributed by atoms with Gasteiger partial charge in [0.1, 0.15) is 35.5 Å². The predicted molar refractivity (Wildman–Crippen MR) is 270 cm³/mol. The van der Waals surface area contributed by atoms with E-state index in [2.05, 4.69) is 17.1 Å². The molecule has 5 rings (SSSR count). The Morgan fingerprint density at radius 1 is 0.917 bits per heavy atom. The van der Waals surface area contributed by atoms with Crippen LogP contribution in [0, 0.1) is 0 Å². The van der Waals surface area contributed by atoms with Gasteiger partial charge in [-0.05, 0) is 73.8 Å². The summed E-state index contributed by atoms with van der Waals surface area (Å²) < 4.78 is 72.6. The topological polar surface area (TPSA) is 241 Å². The Hall–Kier alpha value is -5.99. The maximum atomic E-state index is 13.1. The summed E-state index contributed by atoms with van der Waals surface area (Å²) in [6, 6.07) is 21.6. The molecule has 0 radical (unpaired) electrons. The zero-order valence-electron chi connectivity index (χ0n) is 40.7. The van der Waals surface area contributed by atoms with Crippen LogP contribution in [0.25, 0.3) is 16.9 Å². The monoisotopic (exact) mass is 1070 g/mol. The molecule has 0 aliphatic carbocycles. The molecule has 0 bridgehead atoms. The SMILES string of the molecule is CCCCCCCCSC(=O)Oc1cc(Cl)nnc1-c1ccccc1.CCc1ccc(COc2ccc(-n3c(=O)cc(C(F)(F)F)n(C)c3=O)cc2)c(OC(C)C(=O)OC)c1.CP(=O)(O)CCC(N)C(=O)O. The lowest BCUT2D eigenvalue weighted by Crippen LogP contribution is -2.40. The van der Waals surface area contributed by atoms with Crippen molar-refractivity contribution in [1.82, 2.24) is 19.3 Å². The van der Waals surface area contributed by atoms with Crippen molar-refractivity contribution < 1.29 is 61.1 Å². The van der Waals surface area contributed by atoms with Crippen LogP contribution in [-0.4, -0.2) is 84.4 Å². The van der Waals surface area contributed by atoms with Gasteiger partial charge in [0, 0.05) is 48.9 Å². The largest absolute Gasteiger partial charge is 0.489 e. The second-order valence-corrected chi connectivity index (χ2v) is 20.1. The third kappa shape index (κ3) is 20.3. The summed E-state index contributed by atoms with van der Waals surface area (Å²) in [5, 5.41) is 16.1. The molecular formula is C49H60ClF3N5O12PS. The molecule has 0 aliphatic rings. The molecule has 0 saturated carbocycles. The van der Waals surface area contributed by atoms with Crippen LogP contribution in [0.1, 0.15) is 82.5 Å². The Kier molecular flexibility index (Phi) is 24.7. The number of nitrogens with two attached hydrogens (primary N) is 1. The number of carboxylic acid groups (broad SMARTS) is 1. The van der Waals surface area contributed by atoms with Crippen molar-refractivity contribution in [2.24, 2.45) is 12.8 Å². The highest BCUT2D eigenvalue weighted by atomic mass is 35.5. The Morgan fingerprint density at radius 2 is 1.57 bits per heavy atom. The standard InChI is InChI=1S/C25H25F3N2O6.C19H23ClN2O2S.C5H12NO4P/c1-5-16-6-7-17(20(12-16)36-15(2)23(32)34-4)14-35-19-10-8-18(9-11-19)30-22(31)13-21(25(26,27)28)29(3)24(30)33;1-2-3-4-5-6-10-13-25-19(23)24-16-14-17(20)21-22-18(16)15-11-8-7-9-12-15;1-11(9,10)3-2-4(6)5(7)8/h6-13,15H,5,14H2,1-4H3;7-9,11-12,14H,2-6,10,13H2,1H3;4H,2-3,6H2,1H3,(H,7,8)(H,9,10). The molecule has 5 aromatic rings. The summed E-state index contributed by atoms with van der Waals surface area (Å²) in [6.07, 6.45) is 2.29. The molecule has 2 aromatic heterocycles. The number of carbonyl (C=O) groups is 3. The second-order valence-electron chi connectivity index (χ2n) is 16.1. The molecule has 23 heteroatoms. The Labute approximate surface area is 424 Å². The van der Waals surface area contributed by atoms with E-state index in [1.807, 2.05) is 55.5 Å². The van der Waals surface area contributed by atoms with Crippen LogP contribution in [-0.2, 0) is 45.1 Å². The van der Waals surface area contributed by atoms with Crippen LogP contribution in [0.3, 0.4) is 0 Å². The number of aryl methyl sites for hydroxylation is 1. The number of methoxy groups -OCH3 is 1. The minimum atomic E-state index is -4.84. The predicted octanol–water partition coefficient (Wildman–Crippen LogP) is 9.71. The summed E-state index contributed by atoms with van der Waals surface area (Å²) in [6.45, 7) is 7.02. The number of carboxylic acids is 1. The van der Waals surface area contributed by atoms with Gasteiger partial charge in [0.2, 0.25) is 0 Å². The van der Waals surface area contributed by atoms with Gasteiger partial charge in [0.05, 0.1) is 12.8 Å². The van der Waals surface area contributed by atoms with Gasteiger partial charge in [-0.15, -0.1) is 10.2 Å². The average molecular weight is 1070 g/mol. The van der Waals surface area contributed by atoms with Crippen molar-refractivity contribution in [3.05, 3.63) is 128 Å². The molecule has 0 amide bonds. The lowest BCUT2D eigenvalue weighted by Gasteiger charge is -2.17. The molecule has 0 saturated heterocycles. The van der Waals surface area contributed by atoms with Crippen molar-refractivity contribution in [2.75, 3.05) is 25.7 Å². The fraction of sp³-hybridized carbons (Fsp3) is 0.408. The van der Waals surface area contributed by atoms with Gasteiger partial charge >= 0.3 is 29.1 Å². The van der Waals surface area contributed by atoms with Gasteiger partial charge in [-0.25, -0.2) is 19.0 Å². The van der Waals surface area contributed by atoms with Crippen LogP contribution in [0.15, 0.2) is 94.5 Å². The van der Waals surface area contributed by atoms with E-state index in [9.17, 15) is 41.7 Å². The highest BCUT2D eigenvalue weighted by Crippen LogP contribution is 2.36. The molecule has 3 aromatic carbocycles. The van der Waals surface area contributed by atoms with E-state index in [0.717, 1.165) is 43.2 Å². The molecule has 0 spiro atoms. The van der Waals surface area contributed by atoms with E-state index in [1.165, 1.54) is 81.6 Å². The zero-order valence-corrected chi connectivity index (χ0v) is 43.2. The second kappa shape index (κ2) is 29.5. The first-order valence-electron chi connectivity index (χ1n) is 22.7. The van der Waals surface area contributed by atoms with Crippen LogP contribution in [0.4, 0.5) is 18.0 Å². The minimum Gasteiger partial charge on any atom is -0.489 e. The average Bonchev–Trinajstić information content (AvgIpc) is 3.33. The van der Waals surface area contributed by atoms with Crippen LogP contribution in [0.5, 0.6) is 17.2 Å². The first-order valence-corrected chi connectivity index (χ1v) is 26.4. The fourth-order valence-electron chi connectivity index (χ4n) is 6.33. The van der Waals surface area contributed by atoms with Crippen molar-refractivity contribution in [3.63, 3.8) is 0 Å². The Balaban J connectivity index is 0.000000328. The number of aromatic nitrogens is 4. The lowest BCUT2D eigenvalue weighted by atomic mass is 10.1. The number of ether oxygens (including phenoxy) is 4. The third-order valence-electron chi connectivity index (χ3n) is 10.3. The maximum Gasteiger partial charge on any atom is 0.431 e. The van der Waals surface area contributed by atoms with Gasteiger partial charge in [-0.2, -0.15) is 13.2 Å². The van der Waals surface area contributed by atoms with Crippen LogP contribution >= 0.6 is 30.7 Å². The zero-order chi connectivity index (χ0) is 53.6. The van der Waals surface area contributed by atoms with Crippen LogP contribution in [0.2, 0.25) is 5.15 Å². The van der Waals surface area contributed by atoms with Gasteiger partial charge in [-0.3, -0.25) is 18.7 Å². The highest BCUT2D eigenvalue weighted by Gasteiger charge is 2.35. The normalized spacial score (nSPS) is 12.7. The molecule has 0 fully saturated rings. The number of hydrogen-bond donors (Lipinski definition) is 3.